The van der Waals surface area contributed by atoms with Gasteiger partial charge < -0.3 is 15.7 Å². The van der Waals surface area contributed by atoms with Gasteiger partial charge in [-0.1, -0.05) is 48.2 Å². The highest BCUT2D eigenvalue weighted by Crippen LogP contribution is 2.29. The van der Waals surface area contributed by atoms with Crippen molar-refractivity contribution in [2.45, 2.75) is 31.5 Å². The SMILES string of the molecule is NCc1cccc(C2CCN(C(=O)c3cccc(C#Cc4cccc(F)c4)c3)CC2)c1.O=C(O)C(F)(F)F. The van der Waals surface area contributed by atoms with Gasteiger partial charge in [0, 0.05) is 36.3 Å². The maximum atomic E-state index is 13.3. The van der Waals surface area contributed by atoms with Crippen LogP contribution in [0.4, 0.5) is 17.6 Å². The van der Waals surface area contributed by atoms with Gasteiger partial charge in [0.1, 0.15) is 5.82 Å². The summed E-state index contributed by atoms with van der Waals surface area (Å²) in [5.41, 5.74) is 10.2. The Bertz CT molecular complexity index is 1340. The van der Waals surface area contributed by atoms with E-state index in [1.54, 1.807) is 12.1 Å². The molecule has 0 radical (unpaired) electrons. The number of alkyl halides is 3. The lowest BCUT2D eigenvalue weighted by Crippen LogP contribution is -2.37. The van der Waals surface area contributed by atoms with Gasteiger partial charge in [0.05, 0.1) is 0 Å². The van der Waals surface area contributed by atoms with Crippen LogP contribution in [0.2, 0.25) is 0 Å². The third-order valence-corrected chi connectivity index (χ3v) is 5.97. The zero-order valence-corrected chi connectivity index (χ0v) is 20.3. The van der Waals surface area contributed by atoms with E-state index in [2.05, 4.69) is 30.0 Å². The Morgan fingerprint density at radius 1 is 0.921 bits per heavy atom. The summed E-state index contributed by atoms with van der Waals surface area (Å²) >= 11 is 0. The Balaban J connectivity index is 0.000000505. The molecule has 9 heteroatoms. The van der Waals surface area contributed by atoms with Crippen LogP contribution in [0.25, 0.3) is 0 Å². The number of nitrogens with two attached hydrogens (primary N) is 1. The fraction of sp³-hybridized carbons (Fsp3) is 0.241. The minimum absolute atomic E-state index is 0.0311. The van der Waals surface area contributed by atoms with Gasteiger partial charge in [0.2, 0.25) is 0 Å². The number of hydrogen-bond donors (Lipinski definition) is 2. The van der Waals surface area contributed by atoms with Gasteiger partial charge in [0.15, 0.2) is 0 Å². The highest BCUT2D eigenvalue weighted by Gasteiger charge is 2.38. The lowest BCUT2D eigenvalue weighted by atomic mass is 9.88. The van der Waals surface area contributed by atoms with E-state index in [1.165, 1.54) is 17.7 Å². The van der Waals surface area contributed by atoms with Crippen LogP contribution >= 0.6 is 0 Å². The number of hydrogen-bond acceptors (Lipinski definition) is 3. The molecule has 0 saturated carbocycles. The molecule has 0 unspecified atom stereocenters. The van der Waals surface area contributed by atoms with Crippen LogP contribution in [0.15, 0.2) is 72.8 Å². The molecule has 1 aliphatic heterocycles. The van der Waals surface area contributed by atoms with Gasteiger partial charge in [-0.25, -0.2) is 9.18 Å². The number of benzene rings is 3. The number of rotatable bonds is 3. The van der Waals surface area contributed by atoms with Crippen molar-refractivity contribution in [3.8, 4) is 11.8 Å². The number of nitrogens with zero attached hydrogens (tertiary/aromatic N) is 1. The first-order chi connectivity index (χ1) is 18.1. The predicted molar refractivity (Wildman–Crippen MR) is 135 cm³/mol. The monoisotopic (exact) mass is 526 g/mol. The van der Waals surface area contributed by atoms with Gasteiger partial charge in [-0.05, 0) is 66.3 Å². The minimum atomic E-state index is -5.08. The van der Waals surface area contributed by atoms with Crippen molar-refractivity contribution in [2.24, 2.45) is 5.73 Å². The second-order valence-electron chi connectivity index (χ2n) is 8.66. The number of carboxylic acids is 1. The first kappa shape index (κ1) is 28.4. The molecule has 0 spiro atoms. The van der Waals surface area contributed by atoms with Gasteiger partial charge in [-0.3, -0.25) is 4.79 Å². The Kier molecular flexibility index (Phi) is 9.63. The van der Waals surface area contributed by atoms with Gasteiger partial charge in [-0.2, -0.15) is 13.2 Å². The predicted octanol–water partition coefficient (Wildman–Crippen LogP) is 5.34. The number of amides is 1. The van der Waals surface area contributed by atoms with Gasteiger partial charge >= 0.3 is 12.1 Å². The standard InChI is InChI=1S/C27H25FN2O.C2HF3O2/c28-26-9-3-5-21(18-26)11-10-20-4-1-8-25(16-20)27(31)30-14-12-23(13-15-30)24-7-2-6-22(17-24)19-29;3-2(4,5)1(6)7/h1-9,16-18,23H,12-15,19,29H2;(H,6,7). The molecule has 3 aromatic carbocycles. The summed E-state index contributed by atoms with van der Waals surface area (Å²) in [6.45, 7) is 2.01. The van der Waals surface area contributed by atoms with Crippen LogP contribution in [-0.4, -0.2) is 41.1 Å². The topological polar surface area (TPSA) is 83.6 Å². The minimum Gasteiger partial charge on any atom is -0.475 e. The number of halogens is 4. The van der Waals surface area contributed by atoms with Gasteiger partial charge in [0.25, 0.3) is 5.91 Å². The van der Waals surface area contributed by atoms with E-state index in [9.17, 15) is 22.4 Å². The van der Waals surface area contributed by atoms with E-state index in [0.717, 1.165) is 37.1 Å². The molecule has 1 fully saturated rings. The van der Waals surface area contributed by atoms with E-state index in [0.29, 0.717) is 23.6 Å². The molecule has 1 aliphatic rings. The molecule has 3 aromatic rings. The van der Waals surface area contributed by atoms with Crippen molar-refractivity contribution < 1.29 is 32.3 Å². The fourth-order valence-corrected chi connectivity index (χ4v) is 4.01. The summed E-state index contributed by atoms with van der Waals surface area (Å²) in [4.78, 5) is 23.8. The third-order valence-electron chi connectivity index (χ3n) is 5.97. The quantitative estimate of drug-likeness (QED) is 0.357. The number of carbonyl (C=O) groups excluding carboxylic acids is 1. The number of carbonyl (C=O) groups is 2. The van der Waals surface area contributed by atoms with E-state index in [1.807, 2.05) is 35.2 Å². The molecule has 0 atom stereocenters. The normalized spacial score (nSPS) is 13.6. The summed E-state index contributed by atoms with van der Waals surface area (Å²) in [5.74, 6) is 3.41. The molecule has 3 N–H and O–H groups in total. The Hall–Kier alpha value is -4.16. The highest BCUT2D eigenvalue weighted by atomic mass is 19.4. The van der Waals surface area contributed by atoms with Crippen LogP contribution in [0, 0.1) is 17.7 Å². The summed E-state index contributed by atoms with van der Waals surface area (Å²) in [5, 5.41) is 7.12. The molecular formula is C29H26F4N2O3. The second kappa shape index (κ2) is 12.9. The molecule has 0 bridgehead atoms. The summed E-state index contributed by atoms with van der Waals surface area (Å²) < 4.78 is 45.1. The van der Waals surface area contributed by atoms with Crippen LogP contribution in [0.3, 0.4) is 0 Å². The van der Waals surface area contributed by atoms with Crippen molar-refractivity contribution in [3.63, 3.8) is 0 Å². The van der Waals surface area contributed by atoms with Crippen LogP contribution < -0.4 is 5.73 Å². The molecule has 1 amide bonds. The number of likely N-dealkylation sites (tertiary alicyclic amines) is 1. The van der Waals surface area contributed by atoms with Crippen molar-refractivity contribution in [1.29, 1.82) is 0 Å². The van der Waals surface area contributed by atoms with Crippen molar-refractivity contribution in [3.05, 3.63) is 106 Å². The zero-order chi connectivity index (χ0) is 27.7. The molecule has 1 saturated heterocycles. The molecular weight excluding hydrogens is 500 g/mol. The average molecular weight is 527 g/mol. The maximum absolute atomic E-state index is 13.3. The third kappa shape index (κ3) is 8.18. The van der Waals surface area contributed by atoms with E-state index in [4.69, 9.17) is 15.6 Å². The van der Waals surface area contributed by atoms with Crippen LogP contribution in [0.1, 0.15) is 51.4 Å². The maximum Gasteiger partial charge on any atom is 0.490 e. The Morgan fingerprint density at radius 2 is 1.50 bits per heavy atom. The lowest BCUT2D eigenvalue weighted by molar-refractivity contribution is -0.192. The Labute approximate surface area is 217 Å². The van der Waals surface area contributed by atoms with E-state index >= 15 is 0 Å². The van der Waals surface area contributed by atoms with Crippen molar-refractivity contribution >= 4 is 11.9 Å². The first-order valence-corrected chi connectivity index (χ1v) is 11.8. The lowest BCUT2D eigenvalue weighted by Gasteiger charge is -2.32. The molecule has 38 heavy (non-hydrogen) atoms. The second-order valence-corrected chi connectivity index (χ2v) is 8.66. The summed E-state index contributed by atoms with van der Waals surface area (Å²) in [6.07, 6.45) is -3.20. The molecule has 0 aliphatic carbocycles. The summed E-state index contributed by atoms with van der Waals surface area (Å²) in [6, 6.07) is 22.0. The van der Waals surface area contributed by atoms with E-state index < -0.39 is 12.1 Å². The van der Waals surface area contributed by atoms with Gasteiger partial charge in [-0.15, -0.1) is 0 Å². The van der Waals surface area contributed by atoms with Crippen molar-refractivity contribution in [1.82, 2.24) is 4.90 Å². The Morgan fingerprint density at radius 3 is 2.08 bits per heavy atom. The first-order valence-electron chi connectivity index (χ1n) is 11.8. The number of aliphatic carboxylic acids is 1. The van der Waals surface area contributed by atoms with E-state index in [-0.39, 0.29) is 11.7 Å². The highest BCUT2D eigenvalue weighted by molar-refractivity contribution is 5.94. The van der Waals surface area contributed by atoms with Crippen molar-refractivity contribution in [2.75, 3.05) is 13.1 Å². The molecule has 198 valence electrons. The molecule has 0 aromatic heterocycles. The number of piperidine rings is 1. The van der Waals surface area contributed by atoms with Crippen LogP contribution in [0.5, 0.6) is 0 Å². The van der Waals surface area contributed by atoms with Crippen LogP contribution in [-0.2, 0) is 11.3 Å². The molecule has 4 rings (SSSR count). The molecule has 1 heterocycles. The average Bonchev–Trinajstić information content (AvgIpc) is 2.91. The summed E-state index contributed by atoms with van der Waals surface area (Å²) in [7, 11) is 0. The number of carboxylic acid groups (broad SMARTS) is 1. The largest absolute Gasteiger partial charge is 0.490 e. The smallest absolute Gasteiger partial charge is 0.475 e. The zero-order valence-electron chi connectivity index (χ0n) is 20.3. The fourth-order valence-electron chi connectivity index (χ4n) is 4.01. The molecule has 5 nitrogen and oxygen atoms in total.